The van der Waals surface area contributed by atoms with Crippen LogP contribution in [0.3, 0.4) is 0 Å². The second kappa shape index (κ2) is 4.31. The van der Waals surface area contributed by atoms with Crippen LogP contribution in [0.25, 0.3) is 0 Å². The molecule has 0 aromatic heterocycles. The smallest absolute Gasteiger partial charge is 0.277 e. The van der Waals surface area contributed by atoms with E-state index in [-0.39, 0.29) is 6.04 Å². The number of likely N-dealkylation sites (tertiary alicyclic amines) is 1. The van der Waals surface area contributed by atoms with E-state index >= 15 is 0 Å². The highest BCUT2D eigenvalue weighted by molar-refractivity contribution is 7.86. The van der Waals surface area contributed by atoms with Crippen molar-refractivity contribution in [1.82, 2.24) is 9.21 Å². The molecule has 98 valence electrons. The van der Waals surface area contributed by atoms with E-state index in [0.29, 0.717) is 12.6 Å². The van der Waals surface area contributed by atoms with E-state index in [0.717, 1.165) is 19.5 Å². The highest BCUT2D eigenvalue weighted by Crippen LogP contribution is 2.32. The molecule has 0 aliphatic carbocycles. The second-order valence-corrected chi connectivity index (χ2v) is 6.57. The van der Waals surface area contributed by atoms with Crippen molar-refractivity contribution in [2.75, 3.05) is 13.1 Å². The third kappa shape index (κ3) is 2.16. The van der Waals surface area contributed by atoms with Crippen molar-refractivity contribution in [1.29, 1.82) is 0 Å². The molecule has 0 radical (unpaired) electrons. The van der Waals surface area contributed by atoms with Gasteiger partial charge in [0.1, 0.15) is 0 Å². The molecular weight excluding hydrogens is 250 g/mol. The lowest BCUT2D eigenvalue weighted by Crippen LogP contribution is -2.50. The van der Waals surface area contributed by atoms with Crippen molar-refractivity contribution in [3.8, 4) is 0 Å². The predicted molar refractivity (Wildman–Crippen MR) is 68.9 cm³/mol. The molecule has 2 heterocycles. The standard InChI is InChI=1S/C12H17N3O2S/c13-18(16,17)15-9-11-6-12(15)8-14(11)7-10-4-2-1-3-5-10/h1-5,11-12H,6-9H2,(H2,13,16,17). The Hall–Kier alpha value is -0.950. The molecule has 3 rings (SSSR count). The summed E-state index contributed by atoms with van der Waals surface area (Å²) < 4.78 is 24.2. The van der Waals surface area contributed by atoms with Crippen molar-refractivity contribution in [3.63, 3.8) is 0 Å². The summed E-state index contributed by atoms with van der Waals surface area (Å²) in [6.07, 6.45) is 0.906. The van der Waals surface area contributed by atoms with Crippen LogP contribution in [-0.2, 0) is 16.8 Å². The molecule has 18 heavy (non-hydrogen) atoms. The molecule has 1 aromatic rings. The lowest BCUT2D eigenvalue weighted by atomic mass is 10.2. The minimum Gasteiger partial charge on any atom is -0.293 e. The molecule has 2 aliphatic rings. The topological polar surface area (TPSA) is 66.6 Å². The highest BCUT2D eigenvalue weighted by Gasteiger charge is 2.46. The molecular formula is C12H17N3O2S. The van der Waals surface area contributed by atoms with E-state index < -0.39 is 10.2 Å². The van der Waals surface area contributed by atoms with E-state index in [1.165, 1.54) is 9.87 Å². The molecule has 2 atom stereocenters. The maximum Gasteiger partial charge on any atom is 0.277 e. The number of fused-ring (bicyclic) bond motifs is 2. The summed E-state index contributed by atoms with van der Waals surface area (Å²) in [4.78, 5) is 2.35. The molecule has 1 aromatic carbocycles. The lowest BCUT2D eigenvalue weighted by molar-refractivity contribution is 0.175. The average Bonchev–Trinajstić information content (AvgIpc) is 2.89. The molecule has 6 heteroatoms. The van der Waals surface area contributed by atoms with Crippen LogP contribution in [-0.4, -0.2) is 42.8 Å². The Morgan fingerprint density at radius 3 is 2.44 bits per heavy atom. The molecule has 5 nitrogen and oxygen atoms in total. The van der Waals surface area contributed by atoms with E-state index in [1.54, 1.807) is 0 Å². The second-order valence-electron chi connectivity index (χ2n) is 5.07. The van der Waals surface area contributed by atoms with Gasteiger partial charge in [-0.1, -0.05) is 30.3 Å². The third-order valence-corrected chi connectivity index (χ3v) is 4.96. The fraction of sp³-hybridized carbons (Fsp3) is 0.500. The molecule has 0 amide bonds. The molecule has 0 saturated carbocycles. The molecule has 2 aliphatic heterocycles. The fourth-order valence-corrected chi connectivity index (χ4v) is 3.98. The van der Waals surface area contributed by atoms with E-state index in [9.17, 15) is 8.42 Å². The third-order valence-electron chi connectivity index (χ3n) is 3.86. The first kappa shape index (κ1) is 12.1. The van der Waals surface area contributed by atoms with Gasteiger partial charge in [0.15, 0.2) is 0 Å². The largest absolute Gasteiger partial charge is 0.293 e. The maximum atomic E-state index is 11.4. The van der Waals surface area contributed by atoms with Crippen LogP contribution in [0.5, 0.6) is 0 Å². The van der Waals surface area contributed by atoms with Crippen molar-refractivity contribution in [2.24, 2.45) is 5.14 Å². The molecule has 0 spiro atoms. The van der Waals surface area contributed by atoms with Crippen LogP contribution >= 0.6 is 0 Å². The Bertz CT molecular complexity index is 532. The van der Waals surface area contributed by atoms with Crippen molar-refractivity contribution >= 4 is 10.2 Å². The average molecular weight is 267 g/mol. The van der Waals surface area contributed by atoms with Crippen LogP contribution in [0.2, 0.25) is 0 Å². The van der Waals surface area contributed by atoms with Gasteiger partial charge in [0.25, 0.3) is 10.2 Å². The summed E-state index contributed by atoms with van der Waals surface area (Å²) in [5.41, 5.74) is 1.27. The monoisotopic (exact) mass is 267 g/mol. The van der Waals surface area contributed by atoms with E-state index in [2.05, 4.69) is 17.0 Å². The van der Waals surface area contributed by atoms with Crippen molar-refractivity contribution in [3.05, 3.63) is 35.9 Å². The quantitative estimate of drug-likeness (QED) is 0.847. The number of piperazine rings is 1. The van der Waals surface area contributed by atoms with Gasteiger partial charge in [-0.25, -0.2) is 5.14 Å². The molecule has 2 unspecified atom stereocenters. The minimum absolute atomic E-state index is 0.0636. The van der Waals surface area contributed by atoms with Gasteiger partial charge in [-0.3, -0.25) is 4.90 Å². The first-order chi connectivity index (χ1) is 8.54. The zero-order valence-corrected chi connectivity index (χ0v) is 10.9. The number of benzene rings is 1. The Morgan fingerprint density at radius 1 is 1.17 bits per heavy atom. The Morgan fingerprint density at radius 2 is 1.89 bits per heavy atom. The first-order valence-corrected chi connectivity index (χ1v) is 7.62. The maximum absolute atomic E-state index is 11.4. The van der Waals surface area contributed by atoms with Crippen molar-refractivity contribution < 1.29 is 8.42 Å². The summed E-state index contributed by atoms with van der Waals surface area (Å²) >= 11 is 0. The Labute approximate surface area is 107 Å². The van der Waals surface area contributed by atoms with Gasteiger partial charge in [0.2, 0.25) is 0 Å². The van der Waals surface area contributed by atoms with Crippen LogP contribution in [0.4, 0.5) is 0 Å². The number of hydrogen-bond donors (Lipinski definition) is 1. The number of nitrogens with zero attached hydrogens (tertiary/aromatic N) is 2. The van der Waals surface area contributed by atoms with Gasteiger partial charge in [-0.2, -0.15) is 12.7 Å². The Balaban J connectivity index is 1.68. The number of rotatable bonds is 3. The summed E-state index contributed by atoms with van der Waals surface area (Å²) in [6.45, 7) is 2.22. The zero-order chi connectivity index (χ0) is 12.8. The lowest BCUT2D eigenvalue weighted by Gasteiger charge is -2.32. The Kier molecular flexibility index (Phi) is 2.90. The van der Waals surface area contributed by atoms with Crippen LogP contribution in [0.15, 0.2) is 30.3 Å². The molecule has 2 bridgehead atoms. The van der Waals surface area contributed by atoms with E-state index in [1.807, 2.05) is 18.2 Å². The van der Waals surface area contributed by atoms with Gasteiger partial charge in [0.05, 0.1) is 0 Å². The molecule has 2 saturated heterocycles. The van der Waals surface area contributed by atoms with Gasteiger partial charge < -0.3 is 0 Å². The van der Waals surface area contributed by atoms with Crippen LogP contribution in [0, 0.1) is 0 Å². The first-order valence-electron chi connectivity index (χ1n) is 6.11. The normalized spacial score (nSPS) is 28.9. The predicted octanol–water partition coefficient (Wildman–Crippen LogP) is 0.149. The summed E-state index contributed by atoms with van der Waals surface area (Å²) in [5.74, 6) is 0. The number of hydrogen-bond acceptors (Lipinski definition) is 3. The summed E-state index contributed by atoms with van der Waals surface area (Å²) in [7, 11) is -3.52. The van der Waals surface area contributed by atoms with Gasteiger partial charge in [-0.05, 0) is 12.0 Å². The fourth-order valence-electron chi connectivity index (χ4n) is 3.04. The van der Waals surface area contributed by atoms with Gasteiger partial charge >= 0.3 is 0 Å². The zero-order valence-electron chi connectivity index (χ0n) is 10.1. The SMILES string of the molecule is NS(=O)(=O)N1CC2CC1CN2Cc1ccccc1. The van der Waals surface area contributed by atoms with Crippen LogP contribution in [0.1, 0.15) is 12.0 Å². The van der Waals surface area contributed by atoms with Crippen LogP contribution < -0.4 is 5.14 Å². The van der Waals surface area contributed by atoms with E-state index in [4.69, 9.17) is 5.14 Å². The van der Waals surface area contributed by atoms with Gasteiger partial charge in [-0.15, -0.1) is 0 Å². The summed E-state index contributed by atoms with van der Waals surface area (Å²) in [6, 6.07) is 10.6. The number of nitrogens with two attached hydrogens (primary N) is 1. The van der Waals surface area contributed by atoms with Crippen molar-refractivity contribution in [2.45, 2.75) is 25.0 Å². The summed E-state index contributed by atoms with van der Waals surface area (Å²) in [5, 5.41) is 5.20. The van der Waals surface area contributed by atoms with Gasteiger partial charge in [0, 0.05) is 31.7 Å². The minimum atomic E-state index is -3.52. The highest BCUT2D eigenvalue weighted by atomic mass is 32.2. The molecule has 2 fully saturated rings. The molecule has 2 N–H and O–H groups in total.